The number of benzene rings is 1. The third-order valence-corrected chi connectivity index (χ3v) is 5.77. The van der Waals surface area contributed by atoms with E-state index in [1.54, 1.807) is 16.1 Å². The van der Waals surface area contributed by atoms with Crippen molar-refractivity contribution < 1.29 is 8.78 Å². The van der Waals surface area contributed by atoms with Crippen LogP contribution in [0.5, 0.6) is 0 Å². The van der Waals surface area contributed by atoms with Crippen molar-refractivity contribution in [2.45, 2.75) is 25.7 Å². The molecular weight excluding hydrogens is 402 g/mol. The number of nitrogen functional groups attached to an aromatic ring is 1. The highest BCUT2D eigenvalue weighted by atomic mass is 19.1. The first-order chi connectivity index (χ1) is 14.9. The van der Waals surface area contributed by atoms with Crippen LogP contribution in [0, 0.1) is 18.6 Å². The molecule has 31 heavy (non-hydrogen) atoms. The molecule has 4 heterocycles. The van der Waals surface area contributed by atoms with E-state index in [4.69, 9.17) is 10.8 Å². The maximum absolute atomic E-state index is 14.4. The number of rotatable bonds is 3. The van der Waals surface area contributed by atoms with Crippen molar-refractivity contribution in [3.63, 3.8) is 0 Å². The highest BCUT2D eigenvalue weighted by molar-refractivity contribution is 5.70. The van der Waals surface area contributed by atoms with E-state index in [9.17, 15) is 8.78 Å². The van der Waals surface area contributed by atoms with Gasteiger partial charge in [-0.3, -0.25) is 4.68 Å². The third kappa shape index (κ3) is 3.37. The van der Waals surface area contributed by atoms with Gasteiger partial charge >= 0.3 is 0 Å². The molecule has 5 rings (SSSR count). The number of halogens is 2. The highest BCUT2D eigenvalue weighted by Gasteiger charge is 2.27. The van der Waals surface area contributed by atoms with Gasteiger partial charge in [-0.25, -0.2) is 23.3 Å². The van der Waals surface area contributed by atoms with Crippen molar-refractivity contribution in [2.75, 3.05) is 23.7 Å². The monoisotopic (exact) mass is 424 g/mol. The number of piperidine rings is 1. The molecule has 0 saturated carbocycles. The Labute approximate surface area is 177 Å². The van der Waals surface area contributed by atoms with Crippen LogP contribution >= 0.6 is 0 Å². The second-order valence-corrected chi connectivity index (χ2v) is 7.92. The summed E-state index contributed by atoms with van der Waals surface area (Å²) in [5.41, 5.74) is 8.48. The number of nitrogens with two attached hydrogens (primary N) is 1. The topological polar surface area (TPSA) is 90.2 Å². The van der Waals surface area contributed by atoms with Crippen LogP contribution in [0.25, 0.3) is 16.9 Å². The second kappa shape index (κ2) is 7.29. The van der Waals surface area contributed by atoms with Crippen LogP contribution in [-0.4, -0.2) is 42.5 Å². The lowest BCUT2D eigenvalue weighted by Gasteiger charge is -2.32. The van der Waals surface area contributed by atoms with Gasteiger partial charge in [0.25, 0.3) is 0 Å². The minimum atomic E-state index is -0.574. The van der Waals surface area contributed by atoms with Gasteiger partial charge in [-0.1, -0.05) is 0 Å². The average Bonchev–Trinajstić information content (AvgIpc) is 3.40. The predicted molar refractivity (Wildman–Crippen MR) is 113 cm³/mol. The number of aromatic nitrogens is 6. The molecule has 0 unspecified atom stereocenters. The molecule has 0 amide bonds. The number of fused-ring (bicyclic) bond motifs is 1. The predicted octanol–water partition coefficient (Wildman–Crippen LogP) is 3.08. The molecule has 1 aliphatic rings. The SMILES string of the molecule is Cc1c(-c2cc(F)ccc2F)nc(N)c2nc([C@@H]3CCCN(c4cnn(C)c4)C3)nn12. The molecule has 8 nitrogen and oxygen atoms in total. The van der Waals surface area contributed by atoms with E-state index in [0.29, 0.717) is 17.2 Å². The van der Waals surface area contributed by atoms with Gasteiger partial charge in [0.15, 0.2) is 17.3 Å². The first kappa shape index (κ1) is 19.4. The van der Waals surface area contributed by atoms with Gasteiger partial charge in [0, 0.05) is 37.8 Å². The van der Waals surface area contributed by atoms with Crippen LogP contribution in [0.4, 0.5) is 20.3 Å². The Hall–Kier alpha value is -3.56. The third-order valence-electron chi connectivity index (χ3n) is 5.77. The van der Waals surface area contributed by atoms with Gasteiger partial charge in [0.2, 0.25) is 0 Å². The van der Waals surface area contributed by atoms with E-state index in [2.05, 4.69) is 20.0 Å². The average molecular weight is 424 g/mol. The standard InChI is InChI=1S/C21H22F2N8/c1-12-18(16-8-14(22)5-6-17(16)23)26-19(24)21-27-20(28-31(12)21)13-4-3-7-30(10-13)15-9-25-29(2)11-15/h5-6,8-9,11,13H,3-4,7,10H2,1-2H3,(H2,24,26)/t13-/m1/s1. The summed E-state index contributed by atoms with van der Waals surface area (Å²) in [7, 11) is 1.90. The maximum atomic E-state index is 14.4. The molecule has 1 aromatic carbocycles. The lowest BCUT2D eigenvalue weighted by atomic mass is 9.97. The van der Waals surface area contributed by atoms with Crippen LogP contribution in [-0.2, 0) is 7.05 Å². The van der Waals surface area contributed by atoms with Crippen molar-refractivity contribution in [3.05, 3.63) is 53.7 Å². The Morgan fingerprint density at radius 2 is 2.03 bits per heavy atom. The summed E-state index contributed by atoms with van der Waals surface area (Å²) >= 11 is 0. The van der Waals surface area contributed by atoms with Crippen LogP contribution in [0.3, 0.4) is 0 Å². The Kier molecular flexibility index (Phi) is 4.57. The maximum Gasteiger partial charge on any atom is 0.198 e. The summed E-state index contributed by atoms with van der Waals surface area (Å²) in [6.45, 7) is 3.46. The summed E-state index contributed by atoms with van der Waals surface area (Å²) in [5, 5.41) is 8.95. The van der Waals surface area contributed by atoms with E-state index in [-0.39, 0.29) is 23.0 Å². The van der Waals surface area contributed by atoms with E-state index >= 15 is 0 Å². The smallest absolute Gasteiger partial charge is 0.198 e. The number of aryl methyl sites for hydroxylation is 2. The Balaban J connectivity index is 1.53. The minimum Gasteiger partial charge on any atom is -0.381 e. The molecule has 1 saturated heterocycles. The van der Waals surface area contributed by atoms with Gasteiger partial charge in [0.1, 0.15) is 11.6 Å². The molecule has 1 fully saturated rings. The largest absolute Gasteiger partial charge is 0.381 e. The van der Waals surface area contributed by atoms with E-state index in [1.807, 2.05) is 19.4 Å². The summed E-state index contributed by atoms with van der Waals surface area (Å²) in [6.07, 6.45) is 5.80. The fourth-order valence-electron chi connectivity index (χ4n) is 4.18. The normalized spacial score (nSPS) is 16.9. The fourth-order valence-corrected chi connectivity index (χ4v) is 4.18. The summed E-state index contributed by atoms with van der Waals surface area (Å²) in [4.78, 5) is 11.2. The van der Waals surface area contributed by atoms with Gasteiger partial charge in [-0.15, -0.1) is 0 Å². The molecule has 2 N–H and O–H groups in total. The molecule has 10 heteroatoms. The molecule has 0 aliphatic carbocycles. The molecule has 0 spiro atoms. The van der Waals surface area contributed by atoms with Crippen LogP contribution in [0.1, 0.15) is 30.3 Å². The van der Waals surface area contributed by atoms with Crippen LogP contribution in [0.15, 0.2) is 30.6 Å². The van der Waals surface area contributed by atoms with Crippen molar-refractivity contribution in [1.29, 1.82) is 0 Å². The first-order valence-corrected chi connectivity index (χ1v) is 10.1. The zero-order valence-electron chi connectivity index (χ0n) is 17.3. The van der Waals surface area contributed by atoms with E-state index in [1.165, 1.54) is 0 Å². The Morgan fingerprint density at radius 1 is 1.19 bits per heavy atom. The van der Waals surface area contributed by atoms with Gasteiger partial charge < -0.3 is 10.6 Å². The quantitative estimate of drug-likeness (QED) is 0.544. The van der Waals surface area contributed by atoms with E-state index < -0.39 is 11.6 Å². The molecule has 0 radical (unpaired) electrons. The molecule has 4 aromatic rings. The zero-order valence-corrected chi connectivity index (χ0v) is 17.3. The fraction of sp³-hybridized carbons (Fsp3) is 0.333. The Morgan fingerprint density at radius 3 is 2.81 bits per heavy atom. The summed E-state index contributed by atoms with van der Waals surface area (Å²) in [5.74, 6) is -0.212. The molecule has 160 valence electrons. The van der Waals surface area contributed by atoms with Crippen molar-refractivity contribution in [2.24, 2.45) is 7.05 Å². The minimum absolute atomic E-state index is 0.0450. The lowest BCUT2D eigenvalue weighted by molar-refractivity contribution is 0.491. The van der Waals surface area contributed by atoms with Crippen molar-refractivity contribution in [3.8, 4) is 11.3 Å². The number of anilines is 2. The summed E-state index contributed by atoms with van der Waals surface area (Å²) in [6, 6.07) is 3.26. The Bertz CT molecular complexity index is 1280. The first-order valence-electron chi connectivity index (χ1n) is 10.1. The molecule has 3 aromatic heterocycles. The highest BCUT2D eigenvalue weighted by Crippen LogP contribution is 2.31. The summed E-state index contributed by atoms with van der Waals surface area (Å²) < 4.78 is 31.5. The molecule has 0 bridgehead atoms. The molecule has 1 aliphatic heterocycles. The molecular formula is C21H22F2N8. The number of hydrogen-bond donors (Lipinski definition) is 1. The van der Waals surface area contributed by atoms with Crippen molar-refractivity contribution >= 4 is 17.2 Å². The molecule has 1 atom stereocenters. The van der Waals surface area contributed by atoms with Gasteiger partial charge in [-0.05, 0) is 38.0 Å². The van der Waals surface area contributed by atoms with Gasteiger partial charge in [-0.2, -0.15) is 10.2 Å². The van der Waals surface area contributed by atoms with Crippen molar-refractivity contribution in [1.82, 2.24) is 29.4 Å². The van der Waals surface area contributed by atoms with Crippen LogP contribution < -0.4 is 10.6 Å². The number of nitrogens with zero attached hydrogens (tertiary/aromatic N) is 7. The van der Waals surface area contributed by atoms with Crippen LogP contribution in [0.2, 0.25) is 0 Å². The van der Waals surface area contributed by atoms with E-state index in [0.717, 1.165) is 49.8 Å². The lowest BCUT2D eigenvalue weighted by Crippen LogP contribution is -2.34. The number of hydrogen-bond acceptors (Lipinski definition) is 6. The zero-order chi connectivity index (χ0) is 21.7. The second-order valence-electron chi connectivity index (χ2n) is 7.92. The van der Waals surface area contributed by atoms with Gasteiger partial charge in [0.05, 0.1) is 23.3 Å².